The minimum atomic E-state index is 0.0455. The van der Waals surface area contributed by atoms with Gasteiger partial charge in [0.05, 0.1) is 4.75 Å². The molecule has 1 aliphatic heterocycles. The van der Waals surface area contributed by atoms with Crippen LogP contribution in [0.2, 0.25) is 0 Å². The monoisotopic (exact) mass is 904 g/mol. The molecule has 11 aromatic rings. The Kier molecular flexibility index (Phi) is 2.74. The van der Waals surface area contributed by atoms with Crippen molar-refractivity contribution in [2.45, 2.75) is 148 Å². The number of thioether (sulfide) groups is 1. The summed E-state index contributed by atoms with van der Waals surface area (Å²) in [5.74, 6) is 13.5. The number of unbranched alkanes of at least 4 members (excludes halogenated alkanes) is 1. The molecular weight excluding hydrogens is 873 g/mol. The standard InChI is InChI=1S/C70H32S/c1-2-3-4-8-5-6-9-10(7-8)71-70-67-61-55-45-33-25-17-13-11-12-15-19(17)27(33)37-31-23(15)24-16(12)20-18-14(11)22-21(13)29-35(25)43-49-39(29)40-30(22)36-26(18)34-28(20)38-32(24)42-41(31)53(47(37)55)63(67)64-54(42)48(38)56-46(34)52-44(36)50(40)58-57(49)65(59(61)51(43)45)69(9,70)66(58)60(52)62(56)68(64)70/h5-7,13,15,17,19,21,23,29,31,39-42,50,54,58,60,62,64,66,68H,2-4H2,1H3. The number of aryl methyl sites for hydroxylation is 1. The van der Waals surface area contributed by atoms with E-state index in [-0.39, 0.29) is 10.2 Å². The average Bonchev–Trinajstić information content (AvgIpc) is 4.41. The van der Waals surface area contributed by atoms with E-state index in [9.17, 15) is 0 Å². The van der Waals surface area contributed by atoms with Crippen molar-refractivity contribution < 1.29 is 0 Å². The predicted molar refractivity (Wildman–Crippen MR) is 275 cm³/mol. The summed E-state index contributed by atoms with van der Waals surface area (Å²) >= 11 is 2.61. The third-order valence-corrected chi connectivity index (χ3v) is 32.8. The zero-order chi connectivity index (χ0) is 42.2. The molecule has 1 saturated carbocycles. The molecule has 0 saturated heterocycles. The van der Waals surface area contributed by atoms with Crippen LogP contribution in [0.25, 0.3) is 97.3 Å². The molecule has 0 amide bonds. The third-order valence-electron chi connectivity index (χ3n) is 31.1. The van der Waals surface area contributed by atoms with Gasteiger partial charge in [-0.25, -0.2) is 0 Å². The van der Waals surface area contributed by atoms with Crippen molar-refractivity contribution in [3.8, 4) is 11.1 Å². The normalized spacial score (nSPS) is 47.5. The molecule has 22 atom stereocenters. The van der Waals surface area contributed by atoms with Crippen LogP contribution in [0.3, 0.4) is 0 Å². The van der Waals surface area contributed by atoms with Gasteiger partial charge in [-0.1, -0.05) is 25.5 Å². The molecule has 1 fully saturated rings. The van der Waals surface area contributed by atoms with E-state index >= 15 is 0 Å². The molecule has 34 rings (SSSR count). The fourth-order valence-electron chi connectivity index (χ4n) is 32.4. The second kappa shape index (κ2) is 6.77. The summed E-state index contributed by atoms with van der Waals surface area (Å²) in [5, 5.41) is 30.8. The zero-order valence-electron chi connectivity index (χ0n) is 38.3. The molecular formula is C70H32S. The summed E-state index contributed by atoms with van der Waals surface area (Å²) in [6.45, 7) is 2.42. The van der Waals surface area contributed by atoms with Gasteiger partial charge in [0, 0.05) is 10.3 Å². The maximum absolute atomic E-state index is 2.91. The van der Waals surface area contributed by atoms with Gasteiger partial charge in [-0.05, 0) is 357 Å². The smallest absolute Gasteiger partial charge is 0.0645 e. The van der Waals surface area contributed by atoms with Crippen LogP contribution in [-0.4, -0.2) is 0 Å². The summed E-state index contributed by atoms with van der Waals surface area (Å²) in [6.07, 6.45) is 3.84. The van der Waals surface area contributed by atoms with Gasteiger partial charge < -0.3 is 0 Å². The van der Waals surface area contributed by atoms with Crippen LogP contribution >= 0.6 is 11.8 Å². The topological polar surface area (TPSA) is 0 Å². The predicted octanol–water partition coefficient (Wildman–Crippen LogP) is 15.8. The number of fused-ring (bicyclic) bond motifs is 1. The molecule has 0 nitrogen and oxygen atoms in total. The third kappa shape index (κ3) is 1.62. The van der Waals surface area contributed by atoms with E-state index in [1.165, 1.54) is 19.3 Å². The van der Waals surface area contributed by atoms with E-state index in [4.69, 9.17) is 0 Å². The number of rotatable bonds is 3. The molecule has 2 spiro atoms. The molecule has 0 radical (unpaired) electrons. The average molecular weight is 905 g/mol. The molecule has 0 N–H and O–H groups in total. The van der Waals surface area contributed by atoms with Crippen molar-refractivity contribution in [2.75, 3.05) is 0 Å². The van der Waals surface area contributed by atoms with E-state index in [1.807, 2.05) is 203 Å². The Hall–Kier alpha value is -5.37. The van der Waals surface area contributed by atoms with Crippen LogP contribution in [0, 0.1) is 11.8 Å². The lowest BCUT2D eigenvalue weighted by atomic mass is 9.39. The highest BCUT2D eigenvalue weighted by atomic mass is 32.2. The fourth-order valence-corrected chi connectivity index (χ4v) is 34.5. The molecule has 0 bridgehead atoms. The van der Waals surface area contributed by atoms with Crippen LogP contribution in [0.15, 0.2) is 23.1 Å². The Morgan fingerprint density at radius 1 is 0.352 bits per heavy atom. The van der Waals surface area contributed by atoms with Crippen molar-refractivity contribution in [1.29, 1.82) is 0 Å². The SMILES string of the molecule is CCCCc1ccc2c(c1)SC13c4c5c6c7c8c9c%10c%11c%12c%13c%14c%15c(c%16c%13c%10c7c4-%16)C21C1C%15C2c4c7c%10c%13c%15c%16c%17c%18c%19c%20c%21c%22c%23c(c4c4c%22c%19c%16c%104)C2C%14C%12C%23C%21C%11C9C%20C%18C8C6C%17C%15C5C3C%13C71. The summed E-state index contributed by atoms with van der Waals surface area (Å²) in [6, 6.07) is 8.52. The largest absolute Gasteiger partial charge is 0.112 e. The van der Waals surface area contributed by atoms with Crippen LogP contribution < -0.4 is 0 Å². The van der Waals surface area contributed by atoms with E-state index in [2.05, 4.69) is 48.0 Å². The first kappa shape index (κ1) is 28.8. The molecule has 22 aliphatic carbocycles. The molecule has 0 aromatic heterocycles. The Labute approximate surface area is 406 Å². The van der Waals surface area contributed by atoms with E-state index in [1.54, 1.807) is 10.5 Å². The molecule has 23 aliphatic rings. The first-order valence-electron chi connectivity index (χ1n) is 29.4. The highest BCUT2D eigenvalue weighted by Crippen LogP contribution is 3.01. The molecule has 318 valence electrons. The minimum absolute atomic E-state index is 0.0455. The maximum Gasteiger partial charge on any atom is 0.0645 e. The van der Waals surface area contributed by atoms with Crippen LogP contribution in [0.5, 0.6) is 0 Å². The lowest BCUT2D eigenvalue weighted by Crippen LogP contribution is -2.62. The van der Waals surface area contributed by atoms with Crippen molar-refractivity contribution in [3.63, 3.8) is 0 Å². The molecule has 71 heavy (non-hydrogen) atoms. The van der Waals surface area contributed by atoms with Gasteiger partial charge >= 0.3 is 0 Å². The quantitative estimate of drug-likeness (QED) is 0.159. The Morgan fingerprint density at radius 3 is 1.15 bits per heavy atom. The minimum Gasteiger partial charge on any atom is -0.112 e. The van der Waals surface area contributed by atoms with Crippen molar-refractivity contribution in [2.24, 2.45) is 11.8 Å². The van der Waals surface area contributed by atoms with Crippen LogP contribution in [-0.2, 0) is 16.6 Å². The summed E-state index contributed by atoms with van der Waals surface area (Å²) in [4.78, 5) is 1.76. The number of hydrogen-bond acceptors (Lipinski definition) is 1. The van der Waals surface area contributed by atoms with Crippen LogP contribution in [0.4, 0.5) is 0 Å². The highest BCUT2D eigenvalue weighted by molar-refractivity contribution is 8.00. The number of hydrogen-bond donors (Lipinski definition) is 0. The lowest BCUT2D eigenvalue weighted by molar-refractivity contribution is 0.0341. The van der Waals surface area contributed by atoms with Gasteiger partial charge in [0.2, 0.25) is 0 Å². The highest BCUT2D eigenvalue weighted by Gasteiger charge is 2.89. The first-order valence-corrected chi connectivity index (χ1v) is 30.2. The van der Waals surface area contributed by atoms with Crippen molar-refractivity contribution in [3.05, 3.63) is 141 Å². The first-order chi connectivity index (χ1) is 35.4. The summed E-state index contributed by atoms with van der Waals surface area (Å²) in [5.41, 5.74) is 48.3. The molecule has 1 heteroatoms. The lowest BCUT2D eigenvalue weighted by Gasteiger charge is -2.65. The summed E-state index contributed by atoms with van der Waals surface area (Å²) in [7, 11) is 0. The molecule has 22 unspecified atom stereocenters. The summed E-state index contributed by atoms with van der Waals surface area (Å²) < 4.78 is 0.0757. The van der Waals surface area contributed by atoms with Gasteiger partial charge in [-0.2, -0.15) is 0 Å². The molecule has 11 aromatic carbocycles. The fraction of sp³-hybridized carbons (Fsp3) is 0.371. The zero-order valence-corrected chi connectivity index (χ0v) is 39.1. The molecule has 1 heterocycles. The van der Waals surface area contributed by atoms with E-state index in [0.29, 0.717) is 118 Å². The Balaban J connectivity index is 0.996. The van der Waals surface area contributed by atoms with Gasteiger partial charge in [0.25, 0.3) is 0 Å². The van der Waals surface area contributed by atoms with E-state index in [0.717, 1.165) is 0 Å². The van der Waals surface area contributed by atoms with Crippen molar-refractivity contribution >= 4 is 97.9 Å². The van der Waals surface area contributed by atoms with Crippen LogP contribution in [0.1, 0.15) is 249 Å². The second-order valence-corrected chi connectivity index (χ2v) is 31.3. The second-order valence-electron chi connectivity index (χ2n) is 30.0. The van der Waals surface area contributed by atoms with Gasteiger partial charge in [-0.3, -0.25) is 0 Å². The van der Waals surface area contributed by atoms with E-state index < -0.39 is 0 Å². The Morgan fingerprint density at radius 2 is 0.690 bits per heavy atom. The number of benzene rings is 10. The van der Waals surface area contributed by atoms with Gasteiger partial charge in [-0.15, -0.1) is 11.8 Å². The van der Waals surface area contributed by atoms with Gasteiger partial charge in [0.15, 0.2) is 0 Å². The Bertz CT molecular complexity index is 5480. The van der Waals surface area contributed by atoms with Crippen molar-refractivity contribution in [1.82, 2.24) is 0 Å². The van der Waals surface area contributed by atoms with Gasteiger partial charge in [0.1, 0.15) is 0 Å². The maximum atomic E-state index is 2.91.